The first-order valence-corrected chi connectivity index (χ1v) is 6.17. The average molecular weight is 249 g/mol. The van der Waals surface area contributed by atoms with Crippen LogP contribution in [0.15, 0.2) is 24.5 Å². The second-order valence-corrected chi connectivity index (χ2v) is 4.57. The number of carbonyl (C=O) groups excluding carboxylic acids is 1. The quantitative estimate of drug-likeness (QED) is 0.822. The summed E-state index contributed by atoms with van der Waals surface area (Å²) in [6.07, 6.45) is 4.32. The zero-order valence-electron chi connectivity index (χ0n) is 10.7. The first-order valence-electron chi connectivity index (χ1n) is 6.17. The first-order chi connectivity index (χ1) is 8.70. The molecule has 2 rings (SSSR count). The summed E-state index contributed by atoms with van der Waals surface area (Å²) in [4.78, 5) is 16.0. The number of nitrogens with one attached hydrogen (secondary N) is 2. The van der Waals surface area contributed by atoms with E-state index in [-0.39, 0.29) is 24.1 Å². The number of amides is 1. The van der Waals surface area contributed by atoms with Gasteiger partial charge in [0.2, 0.25) is 5.91 Å². The van der Waals surface area contributed by atoms with E-state index >= 15 is 0 Å². The lowest BCUT2D eigenvalue weighted by molar-refractivity contribution is -0.123. The minimum Gasteiger partial charge on any atom is -0.380 e. The summed E-state index contributed by atoms with van der Waals surface area (Å²) in [5, 5.41) is 6.16. The van der Waals surface area contributed by atoms with Crippen LogP contribution in [-0.2, 0) is 9.53 Å². The van der Waals surface area contributed by atoms with Gasteiger partial charge in [-0.15, -0.1) is 0 Å². The number of aromatic nitrogens is 1. The van der Waals surface area contributed by atoms with Gasteiger partial charge in [-0.2, -0.15) is 0 Å². The average Bonchev–Trinajstić information content (AvgIpc) is 2.88. The van der Waals surface area contributed by atoms with Gasteiger partial charge >= 0.3 is 0 Å². The van der Waals surface area contributed by atoms with E-state index in [9.17, 15) is 4.79 Å². The van der Waals surface area contributed by atoms with Crippen molar-refractivity contribution in [2.24, 2.45) is 0 Å². The van der Waals surface area contributed by atoms with Gasteiger partial charge in [-0.05, 0) is 31.0 Å². The molecule has 1 aliphatic rings. The van der Waals surface area contributed by atoms with Crippen LogP contribution in [0.3, 0.4) is 0 Å². The standard InChI is InChI=1S/C13H19N3O2/c1-9(10-3-5-14-6-4-10)16-13(17)12-7-11(18-2)8-15-12/h3-6,9,11-12,15H,7-8H2,1-2H3,(H,16,17). The Morgan fingerprint density at radius 3 is 2.89 bits per heavy atom. The van der Waals surface area contributed by atoms with Crippen LogP contribution in [0.2, 0.25) is 0 Å². The molecule has 1 aromatic heterocycles. The molecule has 0 saturated carbocycles. The molecule has 5 nitrogen and oxygen atoms in total. The van der Waals surface area contributed by atoms with E-state index in [1.807, 2.05) is 19.1 Å². The van der Waals surface area contributed by atoms with E-state index in [1.54, 1.807) is 19.5 Å². The van der Waals surface area contributed by atoms with Crippen LogP contribution in [0.25, 0.3) is 0 Å². The van der Waals surface area contributed by atoms with E-state index in [0.29, 0.717) is 0 Å². The Morgan fingerprint density at radius 1 is 1.56 bits per heavy atom. The molecule has 98 valence electrons. The molecule has 0 bridgehead atoms. The Hall–Kier alpha value is -1.46. The fourth-order valence-electron chi connectivity index (χ4n) is 2.13. The molecule has 1 aliphatic heterocycles. The largest absolute Gasteiger partial charge is 0.380 e. The highest BCUT2D eigenvalue weighted by Crippen LogP contribution is 2.13. The number of methoxy groups -OCH3 is 1. The van der Waals surface area contributed by atoms with Crippen molar-refractivity contribution in [3.05, 3.63) is 30.1 Å². The van der Waals surface area contributed by atoms with Crippen molar-refractivity contribution >= 4 is 5.91 Å². The van der Waals surface area contributed by atoms with E-state index in [1.165, 1.54) is 0 Å². The van der Waals surface area contributed by atoms with E-state index < -0.39 is 0 Å². The maximum atomic E-state index is 12.0. The lowest BCUT2D eigenvalue weighted by Crippen LogP contribution is -2.41. The summed E-state index contributed by atoms with van der Waals surface area (Å²) in [6, 6.07) is 3.65. The van der Waals surface area contributed by atoms with Gasteiger partial charge in [0.05, 0.1) is 18.2 Å². The molecule has 0 aromatic carbocycles. The molecule has 2 N–H and O–H groups in total. The maximum absolute atomic E-state index is 12.0. The van der Waals surface area contributed by atoms with Crippen LogP contribution < -0.4 is 10.6 Å². The predicted molar refractivity (Wildman–Crippen MR) is 68.0 cm³/mol. The highest BCUT2D eigenvalue weighted by molar-refractivity contribution is 5.82. The monoisotopic (exact) mass is 249 g/mol. The van der Waals surface area contributed by atoms with Crippen LogP contribution in [0.4, 0.5) is 0 Å². The molecule has 0 aliphatic carbocycles. The Balaban J connectivity index is 1.88. The van der Waals surface area contributed by atoms with Gasteiger partial charge < -0.3 is 15.4 Å². The molecule has 3 atom stereocenters. The zero-order valence-corrected chi connectivity index (χ0v) is 10.7. The van der Waals surface area contributed by atoms with Crippen LogP contribution in [0.1, 0.15) is 24.9 Å². The lowest BCUT2D eigenvalue weighted by atomic mass is 10.1. The molecular formula is C13H19N3O2. The van der Waals surface area contributed by atoms with Crippen LogP contribution in [0, 0.1) is 0 Å². The van der Waals surface area contributed by atoms with Crippen LogP contribution in [-0.4, -0.2) is 36.7 Å². The summed E-state index contributed by atoms with van der Waals surface area (Å²) in [5.41, 5.74) is 1.06. The third-order valence-electron chi connectivity index (χ3n) is 3.31. The SMILES string of the molecule is COC1CNC(C(=O)NC(C)c2ccncc2)C1. The van der Waals surface area contributed by atoms with Crippen molar-refractivity contribution in [3.63, 3.8) is 0 Å². The maximum Gasteiger partial charge on any atom is 0.237 e. The predicted octanol–water partition coefficient (Wildman–Crippen LogP) is 0.636. The van der Waals surface area contributed by atoms with Gasteiger partial charge in [0.1, 0.15) is 0 Å². The van der Waals surface area contributed by atoms with Gasteiger partial charge in [-0.3, -0.25) is 9.78 Å². The van der Waals surface area contributed by atoms with Crippen molar-refractivity contribution in [3.8, 4) is 0 Å². The number of rotatable bonds is 4. The summed E-state index contributed by atoms with van der Waals surface area (Å²) >= 11 is 0. The Labute approximate surface area is 107 Å². The topological polar surface area (TPSA) is 63.2 Å². The van der Waals surface area contributed by atoms with Crippen LogP contribution >= 0.6 is 0 Å². The second-order valence-electron chi connectivity index (χ2n) is 4.57. The second kappa shape index (κ2) is 5.93. The third kappa shape index (κ3) is 3.05. The molecule has 0 radical (unpaired) electrons. The van der Waals surface area contributed by atoms with E-state index in [0.717, 1.165) is 18.5 Å². The number of ether oxygens (including phenoxy) is 1. The molecule has 1 saturated heterocycles. The molecular weight excluding hydrogens is 230 g/mol. The number of nitrogens with zero attached hydrogens (tertiary/aromatic N) is 1. The van der Waals surface area contributed by atoms with Crippen molar-refractivity contribution < 1.29 is 9.53 Å². The van der Waals surface area contributed by atoms with Gasteiger partial charge in [0.15, 0.2) is 0 Å². The first kappa shape index (κ1) is 13.0. The Kier molecular flexibility index (Phi) is 4.28. The summed E-state index contributed by atoms with van der Waals surface area (Å²) in [5.74, 6) is 0.0267. The third-order valence-corrected chi connectivity index (χ3v) is 3.31. The summed E-state index contributed by atoms with van der Waals surface area (Å²) in [7, 11) is 1.67. The number of carbonyl (C=O) groups is 1. The molecule has 18 heavy (non-hydrogen) atoms. The van der Waals surface area contributed by atoms with Gasteiger partial charge in [0.25, 0.3) is 0 Å². The van der Waals surface area contributed by atoms with Gasteiger partial charge in [-0.25, -0.2) is 0 Å². The number of hydrogen-bond donors (Lipinski definition) is 2. The minimum atomic E-state index is -0.153. The fourth-order valence-corrected chi connectivity index (χ4v) is 2.13. The van der Waals surface area contributed by atoms with Gasteiger partial charge in [-0.1, -0.05) is 0 Å². The highest BCUT2D eigenvalue weighted by Gasteiger charge is 2.29. The molecule has 1 fully saturated rings. The van der Waals surface area contributed by atoms with Crippen molar-refractivity contribution in [2.75, 3.05) is 13.7 Å². The fraction of sp³-hybridized carbons (Fsp3) is 0.538. The summed E-state index contributed by atoms with van der Waals surface area (Å²) < 4.78 is 5.23. The molecule has 2 heterocycles. The molecule has 1 amide bonds. The van der Waals surface area contributed by atoms with Crippen molar-refractivity contribution in [1.82, 2.24) is 15.6 Å². The van der Waals surface area contributed by atoms with E-state index in [2.05, 4.69) is 15.6 Å². The Bertz CT molecular complexity index is 396. The lowest BCUT2D eigenvalue weighted by Gasteiger charge is -2.17. The molecule has 1 aromatic rings. The minimum absolute atomic E-state index is 0.0103. The van der Waals surface area contributed by atoms with Crippen molar-refractivity contribution in [2.45, 2.75) is 31.5 Å². The molecule has 0 spiro atoms. The zero-order chi connectivity index (χ0) is 13.0. The van der Waals surface area contributed by atoms with E-state index in [4.69, 9.17) is 4.74 Å². The van der Waals surface area contributed by atoms with Crippen LogP contribution in [0.5, 0.6) is 0 Å². The summed E-state index contributed by atoms with van der Waals surface area (Å²) in [6.45, 7) is 2.70. The normalized spacial score (nSPS) is 24.8. The number of pyridine rings is 1. The highest BCUT2D eigenvalue weighted by atomic mass is 16.5. The smallest absolute Gasteiger partial charge is 0.237 e. The molecule has 5 heteroatoms. The Morgan fingerprint density at radius 2 is 2.28 bits per heavy atom. The number of hydrogen-bond acceptors (Lipinski definition) is 4. The molecule has 3 unspecified atom stereocenters. The van der Waals surface area contributed by atoms with Crippen molar-refractivity contribution in [1.29, 1.82) is 0 Å². The van der Waals surface area contributed by atoms with Gasteiger partial charge in [0, 0.05) is 26.0 Å².